The molecule has 1 amide bonds. The van der Waals surface area contributed by atoms with Crippen LogP contribution in [0.15, 0.2) is 40.8 Å². The lowest BCUT2D eigenvalue weighted by molar-refractivity contribution is 0.0572. The number of likely N-dealkylation sites (tertiary alicyclic amines) is 1. The summed E-state index contributed by atoms with van der Waals surface area (Å²) in [5, 5.41) is 0. The van der Waals surface area contributed by atoms with Crippen LogP contribution in [0.1, 0.15) is 52.7 Å². The minimum atomic E-state index is -0.0329. The molecule has 1 aromatic heterocycles. The van der Waals surface area contributed by atoms with Crippen LogP contribution in [-0.4, -0.2) is 43.5 Å². The first-order valence-corrected chi connectivity index (χ1v) is 9.20. The van der Waals surface area contributed by atoms with Crippen molar-refractivity contribution in [1.82, 2.24) is 9.80 Å². The molecule has 1 saturated heterocycles. The van der Waals surface area contributed by atoms with Crippen molar-refractivity contribution in [2.24, 2.45) is 0 Å². The molecule has 1 aliphatic heterocycles. The Hall–Kier alpha value is -2.11. The van der Waals surface area contributed by atoms with Crippen molar-refractivity contribution < 1.29 is 13.9 Å². The molecule has 1 aliphatic rings. The molecule has 3 rings (SSSR count). The highest BCUT2D eigenvalue weighted by atomic mass is 16.5. The molecule has 0 spiro atoms. The van der Waals surface area contributed by atoms with E-state index in [1.807, 2.05) is 11.0 Å². The fourth-order valence-electron chi connectivity index (χ4n) is 3.59. The highest BCUT2D eigenvalue weighted by molar-refractivity contribution is 5.92. The highest BCUT2D eigenvalue weighted by Gasteiger charge is 2.30. The van der Waals surface area contributed by atoms with Gasteiger partial charge in [-0.1, -0.05) is 24.3 Å². The zero-order valence-corrected chi connectivity index (χ0v) is 15.9. The maximum absolute atomic E-state index is 13.0. The number of methoxy groups -OCH3 is 1. The first-order valence-electron chi connectivity index (χ1n) is 9.20. The number of benzene rings is 1. The number of carbonyl (C=O) groups excluding carboxylic acids is 1. The summed E-state index contributed by atoms with van der Waals surface area (Å²) in [5.74, 6) is 1.04. The molecular weight excluding hydrogens is 328 g/mol. The van der Waals surface area contributed by atoms with Gasteiger partial charge in [0.2, 0.25) is 0 Å². The number of ether oxygens (including phenoxy) is 1. The second-order valence-electron chi connectivity index (χ2n) is 7.19. The summed E-state index contributed by atoms with van der Waals surface area (Å²) in [4.78, 5) is 17.1. The van der Waals surface area contributed by atoms with Crippen LogP contribution in [0.25, 0.3) is 0 Å². The van der Waals surface area contributed by atoms with Crippen LogP contribution in [0.4, 0.5) is 0 Å². The standard InChI is InChI=1S/C21H28N2O3/c1-22(2)14-16-7-9-17(10-8-16)19-6-4-5-13-23(19)21(24)20-12-11-18(26-20)15-25-3/h7-12,19H,4-6,13-15H2,1-3H3. The number of amides is 1. The largest absolute Gasteiger partial charge is 0.453 e. The molecule has 26 heavy (non-hydrogen) atoms. The van der Waals surface area contributed by atoms with Gasteiger partial charge in [0.15, 0.2) is 5.76 Å². The van der Waals surface area contributed by atoms with Gasteiger partial charge in [0, 0.05) is 20.2 Å². The number of nitrogens with zero attached hydrogens (tertiary/aromatic N) is 2. The molecule has 1 atom stereocenters. The number of furan rings is 1. The number of carbonyl (C=O) groups is 1. The summed E-state index contributed by atoms with van der Waals surface area (Å²) in [6.45, 7) is 2.07. The molecule has 0 N–H and O–H groups in total. The Bertz CT molecular complexity index is 721. The average molecular weight is 356 g/mol. The van der Waals surface area contributed by atoms with E-state index in [9.17, 15) is 4.79 Å². The van der Waals surface area contributed by atoms with Crippen molar-refractivity contribution in [3.05, 3.63) is 59.0 Å². The van der Waals surface area contributed by atoms with Crippen LogP contribution < -0.4 is 0 Å². The topological polar surface area (TPSA) is 45.9 Å². The summed E-state index contributed by atoms with van der Waals surface area (Å²) in [5.41, 5.74) is 2.48. The van der Waals surface area contributed by atoms with Gasteiger partial charge in [0.05, 0.1) is 6.04 Å². The van der Waals surface area contributed by atoms with Gasteiger partial charge in [-0.05, 0) is 56.6 Å². The number of hydrogen-bond donors (Lipinski definition) is 0. The van der Waals surface area contributed by atoms with Gasteiger partial charge in [-0.3, -0.25) is 4.79 Å². The van der Waals surface area contributed by atoms with Gasteiger partial charge in [-0.25, -0.2) is 0 Å². The van der Waals surface area contributed by atoms with E-state index in [4.69, 9.17) is 9.15 Å². The number of rotatable bonds is 6. The Morgan fingerprint density at radius 3 is 2.65 bits per heavy atom. The molecule has 0 aliphatic carbocycles. The summed E-state index contributed by atoms with van der Waals surface area (Å²) < 4.78 is 10.7. The summed E-state index contributed by atoms with van der Waals surface area (Å²) in [7, 11) is 5.75. The Morgan fingerprint density at radius 1 is 1.19 bits per heavy atom. The molecule has 5 nitrogen and oxygen atoms in total. The quantitative estimate of drug-likeness (QED) is 0.789. The van der Waals surface area contributed by atoms with Crippen molar-refractivity contribution in [1.29, 1.82) is 0 Å². The molecule has 1 unspecified atom stereocenters. The van der Waals surface area contributed by atoms with Crippen LogP contribution in [0.2, 0.25) is 0 Å². The van der Waals surface area contributed by atoms with Crippen molar-refractivity contribution in [3.8, 4) is 0 Å². The predicted octanol–water partition coefficient (Wildman–Crippen LogP) is 3.86. The van der Waals surface area contributed by atoms with Crippen molar-refractivity contribution in [2.75, 3.05) is 27.7 Å². The minimum absolute atomic E-state index is 0.0329. The lowest BCUT2D eigenvalue weighted by Gasteiger charge is -2.35. The van der Waals surface area contributed by atoms with Gasteiger partial charge in [-0.15, -0.1) is 0 Å². The summed E-state index contributed by atoms with van der Waals surface area (Å²) >= 11 is 0. The van der Waals surface area contributed by atoms with Gasteiger partial charge in [0.25, 0.3) is 5.91 Å². The van der Waals surface area contributed by atoms with Crippen LogP contribution >= 0.6 is 0 Å². The normalized spacial score (nSPS) is 17.7. The van der Waals surface area contributed by atoms with Crippen molar-refractivity contribution >= 4 is 5.91 Å². The van der Waals surface area contributed by atoms with Gasteiger partial charge in [-0.2, -0.15) is 0 Å². The summed E-state index contributed by atoms with van der Waals surface area (Å²) in [6.07, 6.45) is 3.16. The summed E-state index contributed by atoms with van der Waals surface area (Å²) in [6, 6.07) is 12.3. The maximum atomic E-state index is 13.0. The Labute approximate surface area is 155 Å². The molecular formula is C21H28N2O3. The lowest BCUT2D eigenvalue weighted by atomic mass is 9.94. The van der Waals surface area contributed by atoms with E-state index in [2.05, 4.69) is 43.3 Å². The SMILES string of the molecule is COCc1ccc(C(=O)N2CCCCC2c2ccc(CN(C)C)cc2)o1. The third-order valence-electron chi connectivity index (χ3n) is 4.79. The third kappa shape index (κ3) is 4.34. The monoisotopic (exact) mass is 356 g/mol. The van der Waals surface area contributed by atoms with E-state index in [0.29, 0.717) is 18.1 Å². The van der Waals surface area contributed by atoms with Crippen LogP contribution in [0.5, 0.6) is 0 Å². The molecule has 2 aromatic rings. The minimum Gasteiger partial charge on any atom is -0.453 e. The molecule has 2 heterocycles. The zero-order valence-electron chi connectivity index (χ0n) is 15.9. The Balaban J connectivity index is 1.77. The zero-order chi connectivity index (χ0) is 18.5. The van der Waals surface area contributed by atoms with Gasteiger partial charge < -0.3 is 19.0 Å². The molecule has 1 aromatic carbocycles. The van der Waals surface area contributed by atoms with E-state index < -0.39 is 0 Å². The molecule has 0 bridgehead atoms. The van der Waals surface area contributed by atoms with E-state index in [0.717, 1.165) is 32.4 Å². The van der Waals surface area contributed by atoms with E-state index in [-0.39, 0.29) is 11.9 Å². The number of piperidine rings is 1. The van der Waals surface area contributed by atoms with Crippen molar-refractivity contribution in [3.63, 3.8) is 0 Å². The second-order valence-corrected chi connectivity index (χ2v) is 7.19. The van der Waals surface area contributed by atoms with Crippen molar-refractivity contribution in [2.45, 2.75) is 38.5 Å². The molecule has 5 heteroatoms. The lowest BCUT2D eigenvalue weighted by Crippen LogP contribution is -2.38. The fourth-order valence-corrected chi connectivity index (χ4v) is 3.59. The van der Waals surface area contributed by atoms with Gasteiger partial charge in [0.1, 0.15) is 12.4 Å². The van der Waals surface area contributed by atoms with E-state index >= 15 is 0 Å². The average Bonchev–Trinajstić information content (AvgIpc) is 3.10. The van der Waals surface area contributed by atoms with E-state index in [1.165, 1.54) is 11.1 Å². The smallest absolute Gasteiger partial charge is 0.290 e. The maximum Gasteiger partial charge on any atom is 0.290 e. The Kier molecular flexibility index (Phi) is 6.12. The Morgan fingerprint density at radius 2 is 1.96 bits per heavy atom. The molecule has 140 valence electrons. The van der Waals surface area contributed by atoms with Crippen LogP contribution in [0, 0.1) is 0 Å². The van der Waals surface area contributed by atoms with E-state index in [1.54, 1.807) is 13.2 Å². The molecule has 0 saturated carbocycles. The fraction of sp³-hybridized carbons (Fsp3) is 0.476. The first-order chi connectivity index (χ1) is 12.6. The van der Waals surface area contributed by atoms with Crippen LogP contribution in [-0.2, 0) is 17.9 Å². The molecule has 1 fully saturated rings. The third-order valence-corrected chi connectivity index (χ3v) is 4.79. The predicted molar refractivity (Wildman–Crippen MR) is 101 cm³/mol. The van der Waals surface area contributed by atoms with Crippen LogP contribution in [0.3, 0.4) is 0 Å². The van der Waals surface area contributed by atoms with Gasteiger partial charge >= 0.3 is 0 Å². The highest BCUT2D eigenvalue weighted by Crippen LogP contribution is 2.32. The number of hydrogen-bond acceptors (Lipinski definition) is 4. The first kappa shape index (κ1) is 18.7. The molecule has 0 radical (unpaired) electrons. The second kappa shape index (κ2) is 8.52.